The van der Waals surface area contributed by atoms with Crippen LogP contribution in [0.25, 0.3) is 11.5 Å². The summed E-state index contributed by atoms with van der Waals surface area (Å²) in [5.41, 5.74) is 1.95. The van der Waals surface area contributed by atoms with E-state index in [0.717, 1.165) is 22.9 Å². The number of amides is 1. The number of likely N-dealkylation sites (tertiary alicyclic amines) is 1. The van der Waals surface area contributed by atoms with Crippen molar-refractivity contribution in [2.75, 3.05) is 6.54 Å². The van der Waals surface area contributed by atoms with E-state index in [1.807, 2.05) is 35.4 Å². The van der Waals surface area contributed by atoms with E-state index in [0.29, 0.717) is 19.5 Å². The molecule has 1 amide bonds. The van der Waals surface area contributed by atoms with Crippen molar-refractivity contribution in [2.45, 2.75) is 38.8 Å². The molecule has 1 aliphatic rings. The highest BCUT2D eigenvalue weighted by Gasteiger charge is 2.32. The minimum absolute atomic E-state index is 0.0659. The third kappa shape index (κ3) is 3.60. The molecule has 0 spiro atoms. The zero-order chi connectivity index (χ0) is 18.8. The van der Waals surface area contributed by atoms with Gasteiger partial charge >= 0.3 is 0 Å². The van der Waals surface area contributed by atoms with Gasteiger partial charge in [0.05, 0.1) is 6.04 Å². The summed E-state index contributed by atoms with van der Waals surface area (Å²) in [5, 5.41) is 0. The lowest BCUT2D eigenvalue weighted by molar-refractivity contribution is -0.128. The second-order valence-corrected chi connectivity index (χ2v) is 7.23. The minimum atomic E-state index is 0.0659. The molecule has 3 heterocycles. The van der Waals surface area contributed by atoms with Crippen LogP contribution < -0.4 is 0 Å². The Hall–Kier alpha value is -3.02. The van der Waals surface area contributed by atoms with Crippen LogP contribution in [0, 0.1) is 0 Å². The van der Waals surface area contributed by atoms with E-state index in [-0.39, 0.29) is 17.9 Å². The molecule has 138 valence electrons. The Bertz CT molecular complexity index is 935. The van der Waals surface area contributed by atoms with Crippen LogP contribution in [0.2, 0.25) is 0 Å². The fourth-order valence-corrected chi connectivity index (χ4v) is 3.48. The molecule has 1 atom stereocenters. The van der Waals surface area contributed by atoms with Crippen molar-refractivity contribution >= 4 is 5.91 Å². The maximum absolute atomic E-state index is 12.5. The van der Waals surface area contributed by atoms with Crippen molar-refractivity contribution in [1.29, 1.82) is 0 Å². The van der Waals surface area contributed by atoms with E-state index in [4.69, 9.17) is 0 Å². The average molecular weight is 361 g/mol. The summed E-state index contributed by atoms with van der Waals surface area (Å²) in [7, 11) is 0. The van der Waals surface area contributed by atoms with Gasteiger partial charge in [-0.2, -0.15) is 0 Å². The number of benzene rings is 1. The van der Waals surface area contributed by atoms with Crippen LogP contribution in [0.5, 0.6) is 0 Å². The van der Waals surface area contributed by atoms with Crippen LogP contribution in [0.15, 0.2) is 55.0 Å². The van der Waals surface area contributed by atoms with E-state index in [2.05, 4.69) is 45.5 Å². The maximum atomic E-state index is 12.5. The molecule has 1 saturated heterocycles. The standard InChI is InChI=1S/C21H23N5O/c1-15(2)20-22-9-8-18(24-20)21-23-10-11-26(21)17-12-19(27)25(14-17)13-16-6-4-3-5-7-16/h3-11,15,17H,12-14H2,1-2H3. The Morgan fingerprint density at radius 3 is 2.70 bits per heavy atom. The van der Waals surface area contributed by atoms with E-state index in [1.54, 1.807) is 12.4 Å². The molecule has 2 aromatic heterocycles. The number of rotatable bonds is 5. The van der Waals surface area contributed by atoms with Gasteiger partial charge in [-0.3, -0.25) is 4.79 Å². The van der Waals surface area contributed by atoms with Crippen molar-refractivity contribution in [3.05, 3.63) is 66.4 Å². The van der Waals surface area contributed by atoms with Gasteiger partial charge in [-0.15, -0.1) is 0 Å². The maximum Gasteiger partial charge on any atom is 0.225 e. The molecule has 0 bridgehead atoms. The summed E-state index contributed by atoms with van der Waals surface area (Å²) in [4.78, 5) is 28.0. The Morgan fingerprint density at radius 2 is 1.93 bits per heavy atom. The van der Waals surface area contributed by atoms with Crippen LogP contribution in [-0.2, 0) is 11.3 Å². The third-order valence-electron chi connectivity index (χ3n) is 4.89. The molecule has 6 nitrogen and oxygen atoms in total. The van der Waals surface area contributed by atoms with Gasteiger partial charge < -0.3 is 9.47 Å². The van der Waals surface area contributed by atoms with Crippen molar-refractivity contribution in [3.8, 4) is 11.5 Å². The number of imidazole rings is 1. The molecule has 4 rings (SSSR count). The highest BCUT2D eigenvalue weighted by Crippen LogP contribution is 2.28. The molecule has 0 saturated carbocycles. The Labute approximate surface area is 158 Å². The monoisotopic (exact) mass is 361 g/mol. The first-order valence-corrected chi connectivity index (χ1v) is 9.29. The van der Waals surface area contributed by atoms with Crippen molar-refractivity contribution in [2.24, 2.45) is 0 Å². The minimum Gasteiger partial charge on any atom is -0.336 e. The van der Waals surface area contributed by atoms with Gasteiger partial charge in [-0.1, -0.05) is 44.2 Å². The lowest BCUT2D eigenvalue weighted by Crippen LogP contribution is -2.25. The number of aromatic nitrogens is 4. The smallest absolute Gasteiger partial charge is 0.225 e. The van der Waals surface area contributed by atoms with E-state index < -0.39 is 0 Å². The summed E-state index contributed by atoms with van der Waals surface area (Å²) in [5.74, 6) is 2.02. The van der Waals surface area contributed by atoms with E-state index in [9.17, 15) is 4.79 Å². The molecular weight excluding hydrogens is 338 g/mol. The first-order chi connectivity index (χ1) is 13.1. The van der Waals surface area contributed by atoms with E-state index >= 15 is 0 Å². The molecule has 1 fully saturated rings. The normalized spacial score (nSPS) is 17.1. The third-order valence-corrected chi connectivity index (χ3v) is 4.89. The van der Waals surface area contributed by atoms with Gasteiger partial charge in [-0.25, -0.2) is 15.0 Å². The Balaban J connectivity index is 1.56. The predicted molar refractivity (Wildman–Crippen MR) is 103 cm³/mol. The van der Waals surface area contributed by atoms with Crippen LogP contribution in [0.4, 0.5) is 0 Å². The zero-order valence-corrected chi connectivity index (χ0v) is 15.6. The van der Waals surface area contributed by atoms with Gasteiger partial charge in [0.1, 0.15) is 11.5 Å². The van der Waals surface area contributed by atoms with Gasteiger partial charge in [0, 0.05) is 44.0 Å². The zero-order valence-electron chi connectivity index (χ0n) is 15.6. The number of carbonyl (C=O) groups excluding carboxylic acids is 1. The fraction of sp³-hybridized carbons (Fsp3) is 0.333. The van der Waals surface area contributed by atoms with Crippen molar-refractivity contribution in [3.63, 3.8) is 0 Å². The predicted octanol–water partition coefficient (Wildman–Crippen LogP) is 3.44. The second kappa shape index (κ2) is 7.31. The number of hydrogen-bond acceptors (Lipinski definition) is 4. The summed E-state index contributed by atoms with van der Waals surface area (Å²) < 4.78 is 2.08. The molecule has 1 aliphatic heterocycles. The summed E-state index contributed by atoms with van der Waals surface area (Å²) >= 11 is 0. The molecule has 0 radical (unpaired) electrons. The van der Waals surface area contributed by atoms with Crippen LogP contribution in [-0.4, -0.2) is 36.9 Å². The molecule has 1 unspecified atom stereocenters. The average Bonchev–Trinajstić information content (AvgIpc) is 3.30. The molecule has 0 N–H and O–H groups in total. The Morgan fingerprint density at radius 1 is 1.11 bits per heavy atom. The van der Waals surface area contributed by atoms with Gasteiger partial charge in [0.25, 0.3) is 0 Å². The first-order valence-electron chi connectivity index (χ1n) is 9.29. The number of nitrogens with zero attached hydrogens (tertiary/aromatic N) is 5. The van der Waals surface area contributed by atoms with Crippen LogP contribution in [0.1, 0.15) is 43.6 Å². The summed E-state index contributed by atoms with van der Waals surface area (Å²) in [6.45, 7) is 5.47. The summed E-state index contributed by atoms with van der Waals surface area (Å²) in [6, 6.07) is 12.0. The quantitative estimate of drug-likeness (QED) is 0.698. The van der Waals surface area contributed by atoms with E-state index in [1.165, 1.54) is 0 Å². The highest BCUT2D eigenvalue weighted by atomic mass is 16.2. The first kappa shape index (κ1) is 17.4. The molecule has 1 aromatic carbocycles. The number of hydrogen-bond donors (Lipinski definition) is 0. The van der Waals surface area contributed by atoms with Crippen molar-refractivity contribution < 1.29 is 4.79 Å². The number of carbonyl (C=O) groups is 1. The molecular formula is C21H23N5O. The SMILES string of the molecule is CC(C)c1nccc(-c2nccn2C2CC(=O)N(Cc3ccccc3)C2)n1. The van der Waals surface area contributed by atoms with Gasteiger partial charge in [-0.05, 0) is 11.6 Å². The fourth-order valence-electron chi connectivity index (χ4n) is 3.48. The van der Waals surface area contributed by atoms with Crippen molar-refractivity contribution in [1.82, 2.24) is 24.4 Å². The molecule has 3 aromatic rings. The molecule has 6 heteroatoms. The highest BCUT2D eigenvalue weighted by molar-refractivity contribution is 5.79. The molecule has 27 heavy (non-hydrogen) atoms. The van der Waals surface area contributed by atoms with Crippen LogP contribution >= 0.6 is 0 Å². The van der Waals surface area contributed by atoms with Gasteiger partial charge in [0.15, 0.2) is 5.82 Å². The summed E-state index contributed by atoms with van der Waals surface area (Å²) in [6.07, 6.45) is 5.98. The van der Waals surface area contributed by atoms with Crippen LogP contribution in [0.3, 0.4) is 0 Å². The second-order valence-electron chi connectivity index (χ2n) is 7.23. The lowest BCUT2D eigenvalue weighted by atomic mass is 10.2. The van der Waals surface area contributed by atoms with Gasteiger partial charge in [0.2, 0.25) is 5.91 Å². The topological polar surface area (TPSA) is 63.9 Å². The molecule has 0 aliphatic carbocycles. The largest absolute Gasteiger partial charge is 0.336 e. The Kier molecular flexibility index (Phi) is 4.71. The lowest BCUT2D eigenvalue weighted by Gasteiger charge is -2.18.